The Morgan fingerprint density at radius 1 is 0.872 bits per heavy atom. The van der Waals surface area contributed by atoms with E-state index in [-0.39, 0.29) is 24.8 Å². The molecule has 0 heterocycles. The first-order valence-electron chi connectivity index (χ1n) is 15.8. The fourth-order valence-electron chi connectivity index (χ4n) is 4.31. The second-order valence-corrected chi connectivity index (χ2v) is 12.4. The van der Waals surface area contributed by atoms with Crippen molar-refractivity contribution < 1.29 is 43.5 Å². The Balaban J connectivity index is 1.77. The Kier molecular flexibility index (Phi) is 17.2. The highest BCUT2D eigenvalue weighted by molar-refractivity contribution is 5.81. The minimum Gasteiger partial charge on any atom is -0.491 e. The quantitative estimate of drug-likeness (QED) is 0.108. The molecule has 2 amide bonds. The number of hydrogen-bond donors (Lipinski definition) is 6. The van der Waals surface area contributed by atoms with Crippen molar-refractivity contribution in [2.24, 2.45) is 11.7 Å². The maximum atomic E-state index is 12.5. The summed E-state index contributed by atoms with van der Waals surface area (Å²) in [6.45, 7) is 11.3. The van der Waals surface area contributed by atoms with Crippen LogP contribution in [0.2, 0.25) is 0 Å². The molecule has 0 aliphatic rings. The number of carbonyl (C=O) groups excluding carboxylic acids is 2. The third-order valence-electron chi connectivity index (χ3n) is 6.90. The molecular weight excluding hydrogens is 608 g/mol. The molecule has 0 bridgehead atoms. The van der Waals surface area contributed by atoms with Gasteiger partial charge in [0.2, 0.25) is 5.91 Å². The topological polar surface area (TPSA) is 191 Å². The van der Waals surface area contributed by atoms with Crippen LogP contribution >= 0.6 is 0 Å². The molecule has 47 heavy (non-hydrogen) atoms. The minimum atomic E-state index is -1.47. The number of aliphatic carboxylic acids is 1. The van der Waals surface area contributed by atoms with Crippen molar-refractivity contribution in [3.05, 3.63) is 65.7 Å². The average Bonchev–Trinajstić information content (AvgIpc) is 3.01. The maximum absolute atomic E-state index is 12.5. The predicted octanol–water partition coefficient (Wildman–Crippen LogP) is 2.24. The van der Waals surface area contributed by atoms with Gasteiger partial charge in [-0.05, 0) is 56.4 Å². The van der Waals surface area contributed by atoms with Crippen molar-refractivity contribution in [1.29, 1.82) is 0 Å². The standard InChI is InChI=1S/C34H52N4O9/c1-23(2)28(35)31(40)36-15-16-44-17-18-45-19-20-46-26-13-11-25(12-14-26)22-37-29(32(41)42)30(39)27(21-24-9-7-6-8-10-24)38-33(43)47-34(3,4)5/h6-14,23,27-30,37,39H,15-22,35H2,1-5H3,(H,36,40)(H,38,43)(H,41,42)/t27-,28-,29+,30+/m0/s1. The Morgan fingerprint density at radius 3 is 2.09 bits per heavy atom. The van der Waals surface area contributed by atoms with Gasteiger partial charge in [-0.2, -0.15) is 0 Å². The lowest BCUT2D eigenvalue weighted by Crippen LogP contribution is -2.57. The van der Waals surface area contributed by atoms with Crippen LogP contribution in [0.4, 0.5) is 4.79 Å². The first-order chi connectivity index (χ1) is 22.3. The number of alkyl carbamates (subject to hydrolysis) is 1. The number of amides is 2. The number of nitrogens with one attached hydrogen (secondary N) is 3. The largest absolute Gasteiger partial charge is 0.491 e. The SMILES string of the molecule is CC(C)[C@H](N)C(=O)NCCOCCOCCOc1ccc(CN[C@@H](C(=O)O)[C@H](O)[C@H](Cc2ccccc2)NC(=O)OC(C)(C)C)cc1. The number of rotatable bonds is 21. The lowest BCUT2D eigenvalue weighted by molar-refractivity contribution is -0.143. The molecule has 262 valence electrons. The van der Waals surface area contributed by atoms with E-state index in [0.29, 0.717) is 45.3 Å². The van der Waals surface area contributed by atoms with E-state index in [1.165, 1.54) is 0 Å². The second-order valence-electron chi connectivity index (χ2n) is 12.4. The molecule has 0 saturated heterocycles. The zero-order valence-corrected chi connectivity index (χ0v) is 28.1. The number of carboxylic acid groups (broad SMARTS) is 1. The van der Waals surface area contributed by atoms with Gasteiger partial charge in [-0.15, -0.1) is 0 Å². The number of hydrogen-bond acceptors (Lipinski definition) is 10. The maximum Gasteiger partial charge on any atom is 0.407 e. The molecule has 13 nitrogen and oxygen atoms in total. The van der Waals surface area contributed by atoms with E-state index in [1.807, 2.05) is 44.2 Å². The Morgan fingerprint density at radius 2 is 1.49 bits per heavy atom. The molecule has 13 heteroatoms. The predicted molar refractivity (Wildman–Crippen MR) is 177 cm³/mol. The fourth-order valence-corrected chi connectivity index (χ4v) is 4.31. The molecule has 0 saturated carbocycles. The molecule has 0 aliphatic carbocycles. The van der Waals surface area contributed by atoms with Gasteiger partial charge in [-0.1, -0.05) is 56.3 Å². The van der Waals surface area contributed by atoms with Crippen molar-refractivity contribution in [2.75, 3.05) is 39.6 Å². The van der Waals surface area contributed by atoms with Gasteiger partial charge in [0.15, 0.2) is 0 Å². The van der Waals surface area contributed by atoms with Crippen molar-refractivity contribution in [1.82, 2.24) is 16.0 Å². The molecule has 2 aromatic rings. The van der Waals surface area contributed by atoms with Crippen LogP contribution in [0.5, 0.6) is 5.75 Å². The first-order valence-corrected chi connectivity index (χ1v) is 15.8. The van der Waals surface area contributed by atoms with Crippen molar-refractivity contribution >= 4 is 18.0 Å². The molecule has 0 aliphatic heterocycles. The van der Waals surface area contributed by atoms with E-state index in [1.54, 1.807) is 45.0 Å². The fraction of sp³-hybridized carbons (Fsp3) is 0.559. The van der Waals surface area contributed by atoms with E-state index in [2.05, 4.69) is 16.0 Å². The van der Waals surface area contributed by atoms with Crippen LogP contribution in [0.1, 0.15) is 45.7 Å². The zero-order chi connectivity index (χ0) is 34.8. The van der Waals surface area contributed by atoms with E-state index >= 15 is 0 Å². The summed E-state index contributed by atoms with van der Waals surface area (Å²) >= 11 is 0. The minimum absolute atomic E-state index is 0.0691. The van der Waals surface area contributed by atoms with E-state index in [0.717, 1.165) is 11.1 Å². The molecular formula is C34H52N4O9. The van der Waals surface area contributed by atoms with Gasteiger partial charge in [-0.3, -0.25) is 14.9 Å². The van der Waals surface area contributed by atoms with Crippen molar-refractivity contribution in [3.8, 4) is 5.75 Å². The summed E-state index contributed by atoms with van der Waals surface area (Å²) in [5, 5.41) is 29.4. The first kappa shape index (κ1) is 39.4. The average molecular weight is 661 g/mol. The summed E-state index contributed by atoms with van der Waals surface area (Å²) in [4.78, 5) is 36.5. The summed E-state index contributed by atoms with van der Waals surface area (Å²) < 4.78 is 22.0. The van der Waals surface area contributed by atoms with Crippen LogP contribution in [-0.2, 0) is 36.8 Å². The summed E-state index contributed by atoms with van der Waals surface area (Å²) in [7, 11) is 0. The summed E-state index contributed by atoms with van der Waals surface area (Å²) in [5.41, 5.74) is 6.61. The molecule has 0 aromatic heterocycles. The van der Waals surface area contributed by atoms with Crippen LogP contribution in [0, 0.1) is 5.92 Å². The summed E-state index contributed by atoms with van der Waals surface area (Å²) in [5.74, 6) is -0.769. The van der Waals surface area contributed by atoms with Gasteiger partial charge in [0.25, 0.3) is 0 Å². The van der Waals surface area contributed by atoms with Gasteiger partial charge >= 0.3 is 12.1 Å². The highest BCUT2D eigenvalue weighted by Gasteiger charge is 2.34. The highest BCUT2D eigenvalue weighted by Crippen LogP contribution is 2.15. The van der Waals surface area contributed by atoms with Gasteiger partial charge in [0.1, 0.15) is 30.1 Å². The van der Waals surface area contributed by atoms with Crippen LogP contribution in [0.15, 0.2) is 54.6 Å². The van der Waals surface area contributed by atoms with Crippen LogP contribution < -0.4 is 26.4 Å². The van der Waals surface area contributed by atoms with E-state index in [4.69, 9.17) is 24.7 Å². The number of ether oxygens (including phenoxy) is 4. The van der Waals surface area contributed by atoms with Crippen molar-refractivity contribution in [3.63, 3.8) is 0 Å². The molecule has 0 radical (unpaired) electrons. The molecule has 0 spiro atoms. The van der Waals surface area contributed by atoms with Gasteiger partial charge < -0.3 is 45.5 Å². The molecule has 2 aromatic carbocycles. The Labute approximate surface area is 277 Å². The third kappa shape index (κ3) is 16.1. The molecule has 0 fully saturated rings. The number of aliphatic hydroxyl groups is 1. The number of carbonyl (C=O) groups is 3. The summed E-state index contributed by atoms with van der Waals surface area (Å²) in [6.07, 6.45) is -2.02. The number of aliphatic hydroxyl groups excluding tert-OH is 1. The van der Waals surface area contributed by atoms with Crippen molar-refractivity contribution in [2.45, 2.75) is 77.4 Å². The highest BCUT2D eigenvalue weighted by atomic mass is 16.6. The molecule has 2 rings (SSSR count). The van der Waals surface area contributed by atoms with Gasteiger partial charge in [0, 0.05) is 13.1 Å². The van der Waals surface area contributed by atoms with Gasteiger partial charge in [-0.25, -0.2) is 4.79 Å². The second kappa shape index (κ2) is 20.5. The number of benzene rings is 2. The number of carboxylic acids is 1. The molecule has 0 unspecified atom stereocenters. The van der Waals surface area contributed by atoms with Crippen LogP contribution in [-0.4, -0.2) is 97.6 Å². The zero-order valence-electron chi connectivity index (χ0n) is 28.1. The van der Waals surface area contributed by atoms with Crippen LogP contribution in [0.3, 0.4) is 0 Å². The normalized spacial score (nSPS) is 14.1. The Bertz CT molecular complexity index is 1210. The lowest BCUT2D eigenvalue weighted by Gasteiger charge is -2.30. The monoisotopic (exact) mass is 660 g/mol. The number of nitrogens with two attached hydrogens (primary N) is 1. The molecule has 4 atom stereocenters. The Hall–Kier alpha value is -3.75. The third-order valence-corrected chi connectivity index (χ3v) is 6.90. The summed E-state index contributed by atoms with van der Waals surface area (Å²) in [6, 6.07) is 13.4. The smallest absolute Gasteiger partial charge is 0.407 e. The van der Waals surface area contributed by atoms with E-state index in [9.17, 15) is 24.6 Å². The van der Waals surface area contributed by atoms with Gasteiger partial charge in [0.05, 0.1) is 38.5 Å². The van der Waals surface area contributed by atoms with E-state index < -0.39 is 41.9 Å². The van der Waals surface area contributed by atoms with Crippen LogP contribution in [0.25, 0.3) is 0 Å². The molecule has 7 N–H and O–H groups in total. The lowest BCUT2D eigenvalue weighted by atomic mass is 9.96.